The van der Waals surface area contributed by atoms with Gasteiger partial charge in [0.1, 0.15) is 11.6 Å². The van der Waals surface area contributed by atoms with E-state index >= 15 is 4.39 Å². The van der Waals surface area contributed by atoms with Gasteiger partial charge in [-0.3, -0.25) is 19.0 Å². The summed E-state index contributed by atoms with van der Waals surface area (Å²) in [6, 6.07) is 7.41. The molecular formula is C33H39F2N5O3. The number of amides is 2. The van der Waals surface area contributed by atoms with Crippen molar-refractivity contribution in [2.75, 3.05) is 18.4 Å². The van der Waals surface area contributed by atoms with E-state index in [0.717, 1.165) is 25.9 Å². The number of carbonyl (C=O) groups excluding carboxylic acids is 3. The number of rotatable bonds is 6. The second-order valence-corrected chi connectivity index (χ2v) is 13.2. The standard InChI is InChI=1S/C33H39F2N5O3/c1-33(2)16-27-29(23-8-5-20(34)15-26(23)40(27)28(41)17-33)19-13-24(35)30(31(36)42)25(14-19)38-21-6-3-18(4-7-21)32(43)39-22-9-11-37-12-10-22/h5,8,13-15,18,21-22,37-38H,3-4,6-7,9-12,16-17H2,1-2H3,(H2,36,42)(H,39,43)/t18-,21-. The summed E-state index contributed by atoms with van der Waals surface area (Å²) >= 11 is 0. The Morgan fingerprint density at radius 3 is 2.40 bits per heavy atom. The highest BCUT2D eigenvalue weighted by molar-refractivity contribution is 6.06. The number of hydrogen-bond acceptors (Lipinski definition) is 5. The van der Waals surface area contributed by atoms with Crippen LogP contribution in [0.15, 0.2) is 30.3 Å². The first kappa shape index (κ1) is 29.3. The second-order valence-electron chi connectivity index (χ2n) is 13.2. The van der Waals surface area contributed by atoms with Crippen LogP contribution in [0.1, 0.15) is 79.6 Å². The lowest BCUT2D eigenvalue weighted by Gasteiger charge is -2.32. The van der Waals surface area contributed by atoms with Crippen LogP contribution in [-0.2, 0) is 11.2 Å². The predicted octanol–water partition coefficient (Wildman–Crippen LogP) is 5.14. The number of benzene rings is 2. The van der Waals surface area contributed by atoms with E-state index in [1.807, 2.05) is 13.8 Å². The number of halogens is 2. The third-order valence-electron chi connectivity index (χ3n) is 9.32. The van der Waals surface area contributed by atoms with Gasteiger partial charge in [-0.2, -0.15) is 0 Å². The molecule has 8 nitrogen and oxygen atoms in total. The van der Waals surface area contributed by atoms with E-state index in [4.69, 9.17) is 5.73 Å². The lowest BCUT2D eigenvalue weighted by atomic mass is 9.80. The van der Waals surface area contributed by atoms with Crippen LogP contribution in [0.2, 0.25) is 0 Å². The van der Waals surface area contributed by atoms with Gasteiger partial charge in [0.05, 0.1) is 16.8 Å². The molecule has 0 radical (unpaired) electrons. The molecule has 1 saturated carbocycles. The van der Waals surface area contributed by atoms with Gasteiger partial charge in [0.2, 0.25) is 11.8 Å². The van der Waals surface area contributed by atoms with Crippen molar-refractivity contribution < 1.29 is 23.2 Å². The van der Waals surface area contributed by atoms with E-state index in [1.165, 1.54) is 18.2 Å². The van der Waals surface area contributed by atoms with Crippen LogP contribution in [0.25, 0.3) is 22.0 Å². The van der Waals surface area contributed by atoms with Gasteiger partial charge in [0, 0.05) is 41.1 Å². The number of hydrogen-bond donors (Lipinski definition) is 4. The minimum absolute atomic E-state index is 0.0767. The SMILES string of the molecule is CC1(C)CC(=O)n2c(c(-c3cc(F)c(C(N)=O)c(N[C@H]4CC[C@H](C(=O)NC5CCNCC5)CC4)c3)c3ccc(F)cc32)C1. The van der Waals surface area contributed by atoms with Gasteiger partial charge in [-0.05, 0) is 99.3 Å². The molecule has 0 unspecified atom stereocenters. The molecule has 2 aromatic carbocycles. The van der Waals surface area contributed by atoms with E-state index in [-0.39, 0.29) is 46.5 Å². The highest BCUT2D eigenvalue weighted by atomic mass is 19.1. The van der Waals surface area contributed by atoms with Crippen molar-refractivity contribution in [3.8, 4) is 11.1 Å². The third kappa shape index (κ3) is 5.77. The topological polar surface area (TPSA) is 118 Å². The molecule has 2 amide bonds. The van der Waals surface area contributed by atoms with Crippen molar-refractivity contribution in [3.05, 3.63) is 53.2 Å². The van der Waals surface area contributed by atoms with Gasteiger partial charge in [-0.1, -0.05) is 13.8 Å². The zero-order valence-electron chi connectivity index (χ0n) is 24.7. The van der Waals surface area contributed by atoms with Gasteiger partial charge in [-0.15, -0.1) is 0 Å². The summed E-state index contributed by atoms with van der Waals surface area (Å²) in [5.74, 6) is -2.23. The average Bonchev–Trinajstić information content (AvgIpc) is 3.25. The number of carbonyl (C=O) groups is 3. The van der Waals surface area contributed by atoms with E-state index in [9.17, 15) is 18.8 Å². The van der Waals surface area contributed by atoms with E-state index in [0.29, 0.717) is 66.2 Å². The van der Waals surface area contributed by atoms with Crippen LogP contribution >= 0.6 is 0 Å². The molecule has 6 rings (SSSR count). The maximum atomic E-state index is 15.7. The molecule has 1 aliphatic carbocycles. The summed E-state index contributed by atoms with van der Waals surface area (Å²) in [5.41, 5.74) is 7.63. The quantitative estimate of drug-likeness (QED) is 0.317. The molecule has 43 heavy (non-hydrogen) atoms. The van der Waals surface area contributed by atoms with E-state index in [1.54, 1.807) is 16.7 Å². The summed E-state index contributed by atoms with van der Waals surface area (Å²) < 4.78 is 31.6. The number of piperidine rings is 1. The zero-order chi connectivity index (χ0) is 30.5. The Hall–Kier alpha value is -3.79. The maximum Gasteiger partial charge on any atom is 0.253 e. The van der Waals surface area contributed by atoms with Crippen molar-refractivity contribution in [2.24, 2.45) is 17.1 Å². The lowest BCUT2D eigenvalue weighted by molar-refractivity contribution is -0.126. The van der Waals surface area contributed by atoms with Crippen LogP contribution in [0.3, 0.4) is 0 Å². The second kappa shape index (κ2) is 11.4. The molecule has 2 fully saturated rings. The van der Waals surface area contributed by atoms with Gasteiger partial charge >= 0.3 is 0 Å². The van der Waals surface area contributed by atoms with E-state index < -0.39 is 17.5 Å². The predicted molar refractivity (Wildman–Crippen MR) is 162 cm³/mol. The van der Waals surface area contributed by atoms with Crippen LogP contribution < -0.4 is 21.7 Å². The molecular weight excluding hydrogens is 552 g/mol. The molecule has 3 aromatic rings. The molecule has 3 heterocycles. The molecule has 1 saturated heterocycles. The Morgan fingerprint density at radius 1 is 0.977 bits per heavy atom. The monoisotopic (exact) mass is 591 g/mol. The maximum absolute atomic E-state index is 15.7. The Bertz CT molecular complexity index is 1600. The van der Waals surface area contributed by atoms with Gasteiger partial charge < -0.3 is 21.7 Å². The first-order valence-corrected chi connectivity index (χ1v) is 15.3. The number of aromatic nitrogens is 1. The molecule has 2 aliphatic heterocycles. The first-order valence-electron chi connectivity index (χ1n) is 15.3. The summed E-state index contributed by atoms with van der Waals surface area (Å²) in [7, 11) is 0. The number of nitrogens with two attached hydrogens (primary N) is 1. The van der Waals surface area contributed by atoms with Crippen molar-refractivity contribution in [3.63, 3.8) is 0 Å². The number of anilines is 1. The number of primary amides is 1. The third-order valence-corrected chi connectivity index (χ3v) is 9.32. The van der Waals surface area contributed by atoms with Crippen LogP contribution in [0.5, 0.6) is 0 Å². The number of nitrogens with one attached hydrogen (secondary N) is 3. The Kier molecular flexibility index (Phi) is 7.75. The van der Waals surface area contributed by atoms with Crippen molar-refractivity contribution >= 4 is 34.3 Å². The largest absolute Gasteiger partial charge is 0.382 e. The molecule has 228 valence electrons. The zero-order valence-corrected chi connectivity index (χ0v) is 24.7. The summed E-state index contributed by atoms with van der Waals surface area (Å²) in [6.07, 6.45) is 5.44. The Morgan fingerprint density at radius 2 is 1.70 bits per heavy atom. The van der Waals surface area contributed by atoms with Crippen LogP contribution in [-0.4, -0.2) is 47.5 Å². The molecule has 1 aromatic heterocycles. The van der Waals surface area contributed by atoms with E-state index in [2.05, 4.69) is 16.0 Å². The molecule has 10 heteroatoms. The number of fused-ring (bicyclic) bond motifs is 3. The summed E-state index contributed by atoms with van der Waals surface area (Å²) in [5, 5.41) is 10.5. The minimum Gasteiger partial charge on any atom is -0.382 e. The first-order chi connectivity index (χ1) is 20.5. The van der Waals surface area contributed by atoms with Crippen molar-refractivity contribution in [2.45, 2.75) is 77.3 Å². The smallest absolute Gasteiger partial charge is 0.253 e. The van der Waals surface area contributed by atoms with Gasteiger partial charge in [0.15, 0.2) is 0 Å². The van der Waals surface area contributed by atoms with Gasteiger partial charge in [-0.25, -0.2) is 8.78 Å². The Balaban J connectivity index is 1.30. The molecule has 0 bridgehead atoms. The molecule has 3 aliphatic rings. The number of nitrogens with zero attached hydrogens (tertiary/aromatic N) is 1. The van der Waals surface area contributed by atoms with Crippen LogP contribution in [0, 0.1) is 23.0 Å². The summed E-state index contributed by atoms with van der Waals surface area (Å²) in [4.78, 5) is 38.6. The van der Waals surface area contributed by atoms with Gasteiger partial charge in [0.25, 0.3) is 5.91 Å². The summed E-state index contributed by atoms with van der Waals surface area (Å²) in [6.45, 7) is 5.82. The molecule has 0 atom stereocenters. The van der Waals surface area contributed by atoms with Crippen LogP contribution in [0.4, 0.5) is 14.5 Å². The molecule has 0 spiro atoms. The minimum atomic E-state index is -0.885. The normalized spacial score (nSPS) is 22.3. The van der Waals surface area contributed by atoms with Crippen molar-refractivity contribution in [1.82, 2.24) is 15.2 Å². The highest BCUT2D eigenvalue weighted by Gasteiger charge is 2.36. The lowest BCUT2D eigenvalue weighted by Crippen LogP contribution is -2.45. The van der Waals surface area contributed by atoms with Crippen molar-refractivity contribution in [1.29, 1.82) is 0 Å². The fraction of sp³-hybridized carbons (Fsp3) is 0.485. The Labute approximate surface area is 249 Å². The average molecular weight is 592 g/mol. The fourth-order valence-corrected chi connectivity index (χ4v) is 7.21. The fourth-order valence-electron chi connectivity index (χ4n) is 7.21. The highest BCUT2D eigenvalue weighted by Crippen LogP contribution is 2.44. The molecule has 5 N–H and O–H groups in total.